The minimum absolute atomic E-state index is 0.0218. The number of nitrogens with zero attached hydrogens (tertiary/aromatic N) is 1. The van der Waals surface area contributed by atoms with Crippen molar-refractivity contribution in [3.05, 3.63) is 69.0 Å². The summed E-state index contributed by atoms with van der Waals surface area (Å²) in [5, 5.41) is 13.2. The molecule has 0 aliphatic carbocycles. The van der Waals surface area contributed by atoms with Crippen LogP contribution in [0.5, 0.6) is 0 Å². The largest absolute Gasteiger partial charge is 0.325 e. The topological polar surface area (TPSA) is 72.2 Å². The molecule has 0 aliphatic heterocycles. The summed E-state index contributed by atoms with van der Waals surface area (Å²) in [6, 6.07) is 10.2. The van der Waals surface area contributed by atoms with Crippen LogP contribution in [0.4, 0.5) is 15.8 Å². The zero-order valence-electron chi connectivity index (χ0n) is 11.8. The third-order valence-corrected chi connectivity index (χ3v) is 4.12. The molecule has 2 aromatic carbocycles. The van der Waals surface area contributed by atoms with Crippen molar-refractivity contribution >= 4 is 40.6 Å². The fourth-order valence-corrected chi connectivity index (χ4v) is 2.75. The highest BCUT2D eigenvalue weighted by Crippen LogP contribution is 2.21. The van der Waals surface area contributed by atoms with Crippen LogP contribution in [0.15, 0.2) is 42.5 Å². The first kappa shape index (κ1) is 17.2. The zero-order valence-corrected chi connectivity index (χ0v) is 13.4. The van der Waals surface area contributed by atoms with Gasteiger partial charge in [0.1, 0.15) is 5.82 Å². The minimum Gasteiger partial charge on any atom is -0.325 e. The second kappa shape index (κ2) is 7.94. The van der Waals surface area contributed by atoms with E-state index in [0.29, 0.717) is 11.4 Å². The Labute approximate surface area is 141 Å². The van der Waals surface area contributed by atoms with Gasteiger partial charge in [0.2, 0.25) is 5.91 Å². The van der Waals surface area contributed by atoms with Crippen molar-refractivity contribution in [2.75, 3.05) is 11.1 Å². The number of non-ortho nitro benzene ring substituents is 1. The van der Waals surface area contributed by atoms with Gasteiger partial charge in [-0.15, -0.1) is 11.8 Å². The minimum atomic E-state index is -0.551. The molecule has 120 valence electrons. The lowest BCUT2D eigenvalue weighted by molar-refractivity contribution is -0.384. The molecular formula is C15H12ClFN2O3S. The third-order valence-electron chi connectivity index (χ3n) is 2.83. The maximum atomic E-state index is 13.0. The highest BCUT2D eigenvalue weighted by atomic mass is 35.5. The first-order valence-corrected chi connectivity index (χ1v) is 8.05. The molecule has 1 N–H and O–H groups in total. The quantitative estimate of drug-likeness (QED) is 0.621. The predicted molar refractivity (Wildman–Crippen MR) is 89.3 cm³/mol. The Kier molecular flexibility index (Phi) is 5.95. The zero-order chi connectivity index (χ0) is 16.8. The van der Waals surface area contributed by atoms with E-state index in [2.05, 4.69) is 5.32 Å². The van der Waals surface area contributed by atoms with Gasteiger partial charge in [-0.25, -0.2) is 4.39 Å². The molecule has 0 radical (unpaired) electrons. The number of carbonyl (C=O) groups is 1. The number of nitro groups is 1. The molecule has 8 heteroatoms. The van der Waals surface area contributed by atoms with Gasteiger partial charge in [0.15, 0.2) is 0 Å². The summed E-state index contributed by atoms with van der Waals surface area (Å²) in [6.45, 7) is 0. The number of benzene rings is 2. The van der Waals surface area contributed by atoms with Crippen molar-refractivity contribution in [2.45, 2.75) is 5.75 Å². The summed E-state index contributed by atoms with van der Waals surface area (Å²) in [5.41, 5.74) is 1.20. The number of nitrogens with one attached hydrogen (secondary N) is 1. The first-order chi connectivity index (χ1) is 11.0. The fourth-order valence-electron chi connectivity index (χ4n) is 1.79. The summed E-state index contributed by atoms with van der Waals surface area (Å²) in [5.74, 6) is -0.176. The average Bonchev–Trinajstić information content (AvgIpc) is 2.51. The Morgan fingerprint density at radius 3 is 2.78 bits per heavy atom. The first-order valence-electron chi connectivity index (χ1n) is 6.51. The van der Waals surface area contributed by atoms with E-state index in [1.807, 2.05) is 0 Å². The van der Waals surface area contributed by atoms with Gasteiger partial charge in [0, 0.05) is 23.6 Å². The van der Waals surface area contributed by atoms with Crippen molar-refractivity contribution in [3.63, 3.8) is 0 Å². The molecule has 0 spiro atoms. The molecule has 0 aromatic heterocycles. The van der Waals surface area contributed by atoms with Crippen LogP contribution in [-0.2, 0) is 10.5 Å². The third kappa shape index (κ3) is 5.22. The van der Waals surface area contributed by atoms with Crippen LogP contribution in [0.2, 0.25) is 5.02 Å². The molecule has 0 fully saturated rings. The van der Waals surface area contributed by atoms with Crippen molar-refractivity contribution in [1.29, 1.82) is 0 Å². The van der Waals surface area contributed by atoms with Gasteiger partial charge in [0.25, 0.3) is 5.69 Å². The number of carbonyl (C=O) groups excluding carboxylic acids is 1. The normalized spacial score (nSPS) is 10.3. The van der Waals surface area contributed by atoms with E-state index in [4.69, 9.17) is 11.6 Å². The summed E-state index contributed by atoms with van der Waals surface area (Å²) in [7, 11) is 0. The molecule has 1 amide bonds. The smallest absolute Gasteiger partial charge is 0.269 e. The summed E-state index contributed by atoms with van der Waals surface area (Å²) in [6.07, 6.45) is 0. The Morgan fingerprint density at radius 2 is 2.09 bits per heavy atom. The van der Waals surface area contributed by atoms with Crippen molar-refractivity contribution in [1.82, 2.24) is 0 Å². The van der Waals surface area contributed by atoms with Crippen molar-refractivity contribution < 1.29 is 14.1 Å². The van der Waals surface area contributed by atoms with Crippen molar-refractivity contribution in [3.8, 4) is 0 Å². The van der Waals surface area contributed by atoms with Gasteiger partial charge in [-0.2, -0.15) is 0 Å². The highest BCUT2D eigenvalue weighted by Gasteiger charge is 2.08. The van der Waals surface area contributed by atoms with Gasteiger partial charge in [-0.3, -0.25) is 14.9 Å². The number of hydrogen-bond acceptors (Lipinski definition) is 4. The number of amides is 1. The standard InChI is InChI=1S/C15H12ClFN2O3S/c16-13-7-11(4-5-14(13)17)18-15(20)9-23-8-10-2-1-3-12(6-10)19(21)22/h1-7H,8-9H2,(H,18,20). The second-order valence-electron chi connectivity index (χ2n) is 4.60. The maximum Gasteiger partial charge on any atom is 0.269 e. The number of nitro benzene ring substituents is 1. The average molecular weight is 355 g/mol. The molecule has 0 saturated heterocycles. The summed E-state index contributed by atoms with van der Waals surface area (Å²) < 4.78 is 13.0. The van der Waals surface area contributed by atoms with Crippen LogP contribution >= 0.6 is 23.4 Å². The molecule has 0 aliphatic rings. The predicted octanol–water partition coefficient (Wildman–Crippen LogP) is 4.26. The second-order valence-corrected chi connectivity index (χ2v) is 5.99. The van der Waals surface area contributed by atoms with E-state index in [1.165, 1.54) is 42.1 Å². The SMILES string of the molecule is O=C(CSCc1cccc([N+](=O)[O-])c1)Nc1ccc(F)c(Cl)c1. The van der Waals surface area contributed by atoms with Crippen LogP contribution in [-0.4, -0.2) is 16.6 Å². The fraction of sp³-hybridized carbons (Fsp3) is 0.133. The van der Waals surface area contributed by atoms with E-state index >= 15 is 0 Å². The van der Waals surface area contributed by atoms with E-state index in [-0.39, 0.29) is 22.4 Å². The summed E-state index contributed by atoms with van der Waals surface area (Å²) >= 11 is 6.96. The Morgan fingerprint density at radius 1 is 1.30 bits per heavy atom. The van der Waals surface area contributed by atoms with Gasteiger partial charge >= 0.3 is 0 Å². The lowest BCUT2D eigenvalue weighted by Crippen LogP contribution is -2.14. The number of rotatable bonds is 6. The number of anilines is 1. The molecule has 5 nitrogen and oxygen atoms in total. The Balaban J connectivity index is 1.84. The highest BCUT2D eigenvalue weighted by molar-refractivity contribution is 7.99. The van der Waals surface area contributed by atoms with Gasteiger partial charge in [-0.1, -0.05) is 23.7 Å². The van der Waals surface area contributed by atoms with Crippen LogP contribution in [0.25, 0.3) is 0 Å². The molecule has 0 saturated carbocycles. The monoisotopic (exact) mass is 354 g/mol. The van der Waals surface area contributed by atoms with E-state index in [1.54, 1.807) is 12.1 Å². The van der Waals surface area contributed by atoms with E-state index in [9.17, 15) is 19.3 Å². The number of thioether (sulfide) groups is 1. The van der Waals surface area contributed by atoms with Gasteiger partial charge in [-0.05, 0) is 23.8 Å². The number of halogens is 2. The lowest BCUT2D eigenvalue weighted by Gasteiger charge is -2.06. The molecule has 23 heavy (non-hydrogen) atoms. The van der Waals surface area contributed by atoms with Crippen molar-refractivity contribution in [2.24, 2.45) is 0 Å². The van der Waals surface area contributed by atoms with Crippen LogP contribution in [0, 0.1) is 15.9 Å². The van der Waals surface area contributed by atoms with Gasteiger partial charge in [0.05, 0.1) is 15.7 Å². The van der Waals surface area contributed by atoms with E-state index in [0.717, 1.165) is 5.56 Å². The Bertz CT molecular complexity index is 742. The van der Waals surface area contributed by atoms with Crippen LogP contribution in [0.1, 0.15) is 5.56 Å². The molecule has 0 atom stereocenters. The lowest BCUT2D eigenvalue weighted by atomic mass is 10.2. The molecular weight excluding hydrogens is 343 g/mol. The molecule has 2 aromatic rings. The molecule has 0 unspecified atom stereocenters. The molecule has 0 heterocycles. The van der Waals surface area contributed by atoms with E-state index < -0.39 is 10.7 Å². The van der Waals surface area contributed by atoms with Crippen LogP contribution < -0.4 is 5.32 Å². The Hall–Kier alpha value is -2.12. The maximum absolute atomic E-state index is 13.0. The molecule has 0 bridgehead atoms. The van der Waals surface area contributed by atoms with Crippen LogP contribution in [0.3, 0.4) is 0 Å². The van der Waals surface area contributed by atoms with Gasteiger partial charge < -0.3 is 5.32 Å². The summed E-state index contributed by atoms with van der Waals surface area (Å²) in [4.78, 5) is 22.0. The number of hydrogen-bond donors (Lipinski definition) is 1. The molecule has 2 rings (SSSR count).